The molecule has 19 heavy (non-hydrogen) atoms. The Hall–Kier alpha value is -1.78. The molecule has 106 valence electrons. The van der Waals surface area contributed by atoms with Gasteiger partial charge in [0.25, 0.3) is 5.91 Å². The second-order valence-corrected chi connectivity index (χ2v) is 4.61. The standard InChI is InChI=1S/C14H21NO4/c1-3-5-7-11(6-4-2)15-13(16)12-8-10(9-19-12)14(17)18/h8-9,11H,3-7H2,1-2H3,(H,15,16)(H,17,18). The van der Waals surface area contributed by atoms with Crippen LogP contribution in [0.2, 0.25) is 0 Å². The number of hydrogen-bond donors (Lipinski definition) is 2. The summed E-state index contributed by atoms with van der Waals surface area (Å²) in [5.74, 6) is -1.39. The smallest absolute Gasteiger partial charge is 0.338 e. The van der Waals surface area contributed by atoms with Crippen molar-refractivity contribution in [2.75, 3.05) is 0 Å². The van der Waals surface area contributed by atoms with E-state index in [1.807, 2.05) is 0 Å². The average Bonchev–Trinajstić information content (AvgIpc) is 2.86. The van der Waals surface area contributed by atoms with Gasteiger partial charge in [0.1, 0.15) is 6.26 Å². The van der Waals surface area contributed by atoms with Crippen molar-refractivity contribution in [3.63, 3.8) is 0 Å². The van der Waals surface area contributed by atoms with E-state index in [-0.39, 0.29) is 23.3 Å². The predicted molar refractivity (Wildman–Crippen MR) is 71.4 cm³/mol. The largest absolute Gasteiger partial charge is 0.478 e. The van der Waals surface area contributed by atoms with Crippen molar-refractivity contribution in [3.8, 4) is 0 Å². The Morgan fingerprint density at radius 1 is 1.32 bits per heavy atom. The molecule has 5 heteroatoms. The summed E-state index contributed by atoms with van der Waals surface area (Å²) in [6, 6.07) is 1.37. The lowest BCUT2D eigenvalue weighted by Gasteiger charge is -2.16. The van der Waals surface area contributed by atoms with E-state index in [1.54, 1.807) is 0 Å². The van der Waals surface area contributed by atoms with E-state index >= 15 is 0 Å². The quantitative estimate of drug-likeness (QED) is 0.758. The number of amides is 1. The molecule has 0 fully saturated rings. The molecular weight excluding hydrogens is 246 g/mol. The maximum Gasteiger partial charge on any atom is 0.338 e. The minimum absolute atomic E-state index is 0.00857. The number of carboxylic acids is 1. The van der Waals surface area contributed by atoms with E-state index in [2.05, 4.69) is 19.2 Å². The molecule has 0 aliphatic rings. The van der Waals surface area contributed by atoms with Crippen LogP contribution in [0.4, 0.5) is 0 Å². The van der Waals surface area contributed by atoms with E-state index in [1.165, 1.54) is 6.07 Å². The fourth-order valence-electron chi connectivity index (χ4n) is 1.91. The molecular formula is C14H21NO4. The molecule has 2 N–H and O–H groups in total. The molecule has 1 heterocycles. The molecule has 1 aromatic heterocycles. The summed E-state index contributed by atoms with van der Waals surface area (Å²) in [4.78, 5) is 22.6. The van der Waals surface area contributed by atoms with Crippen LogP contribution in [0, 0.1) is 0 Å². The lowest BCUT2D eigenvalue weighted by Crippen LogP contribution is -2.34. The number of unbranched alkanes of at least 4 members (excludes halogenated alkanes) is 1. The zero-order valence-electron chi connectivity index (χ0n) is 11.4. The number of rotatable bonds is 8. The van der Waals surface area contributed by atoms with Gasteiger partial charge in [-0.25, -0.2) is 4.79 Å². The molecule has 0 spiro atoms. The normalized spacial score (nSPS) is 12.1. The first kappa shape index (κ1) is 15.3. The minimum Gasteiger partial charge on any atom is -0.478 e. The number of aromatic carboxylic acids is 1. The molecule has 0 aliphatic carbocycles. The van der Waals surface area contributed by atoms with Gasteiger partial charge < -0.3 is 14.8 Å². The third-order valence-corrected chi connectivity index (χ3v) is 2.95. The molecule has 0 saturated heterocycles. The summed E-state index contributed by atoms with van der Waals surface area (Å²) in [7, 11) is 0. The highest BCUT2D eigenvalue weighted by atomic mass is 16.4. The monoisotopic (exact) mass is 267 g/mol. The molecule has 0 radical (unpaired) electrons. The second kappa shape index (κ2) is 7.61. The highest BCUT2D eigenvalue weighted by Crippen LogP contribution is 2.11. The molecule has 1 unspecified atom stereocenters. The molecule has 1 amide bonds. The summed E-state index contributed by atoms with van der Waals surface area (Å²) in [5, 5.41) is 11.7. The van der Waals surface area contributed by atoms with Gasteiger partial charge in [-0.3, -0.25) is 4.79 Å². The Labute approximate surface area is 113 Å². The second-order valence-electron chi connectivity index (χ2n) is 4.61. The van der Waals surface area contributed by atoms with Gasteiger partial charge in [0.05, 0.1) is 5.56 Å². The lowest BCUT2D eigenvalue weighted by molar-refractivity contribution is 0.0695. The number of hydrogen-bond acceptors (Lipinski definition) is 3. The van der Waals surface area contributed by atoms with E-state index < -0.39 is 5.97 Å². The highest BCUT2D eigenvalue weighted by molar-refractivity contribution is 5.95. The minimum atomic E-state index is -1.10. The SMILES string of the molecule is CCCCC(CCC)NC(=O)c1cc(C(=O)O)co1. The molecule has 1 rings (SSSR count). The van der Waals surface area contributed by atoms with Gasteiger partial charge in [-0.1, -0.05) is 33.1 Å². The molecule has 0 bridgehead atoms. The molecule has 0 saturated carbocycles. The van der Waals surface area contributed by atoms with Gasteiger partial charge in [0.2, 0.25) is 0 Å². The highest BCUT2D eigenvalue weighted by Gasteiger charge is 2.17. The first-order chi connectivity index (χ1) is 9.08. The summed E-state index contributed by atoms with van der Waals surface area (Å²) >= 11 is 0. The van der Waals surface area contributed by atoms with Gasteiger partial charge in [-0.15, -0.1) is 0 Å². The zero-order chi connectivity index (χ0) is 14.3. The number of carbonyl (C=O) groups is 2. The van der Waals surface area contributed by atoms with Crippen LogP contribution < -0.4 is 5.32 Å². The van der Waals surface area contributed by atoms with E-state index in [0.717, 1.165) is 38.4 Å². The van der Waals surface area contributed by atoms with Crippen LogP contribution in [0.1, 0.15) is 66.9 Å². The van der Waals surface area contributed by atoms with Crippen molar-refractivity contribution in [2.45, 2.75) is 52.0 Å². The van der Waals surface area contributed by atoms with E-state index in [9.17, 15) is 9.59 Å². The maximum atomic E-state index is 11.9. The Balaban J connectivity index is 2.61. The predicted octanol–water partition coefficient (Wildman–Crippen LogP) is 3.07. The van der Waals surface area contributed by atoms with Gasteiger partial charge in [0, 0.05) is 12.1 Å². The third-order valence-electron chi connectivity index (χ3n) is 2.95. The molecule has 1 aromatic rings. The van der Waals surface area contributed by atoms with Gasteiger partial charge in [0.15, 0.2) is 5.76 Å². The first-order valence-corrected chi connectivity index (χ1v) is 6.71. The Kier molecular flexibility index (Phi) is 6.12. The fraction of sp³-hybridized carbons (Fsp3) is 0.571. The average molecular weight is 267 g/mol. The Morgan fingerprint density at radius 3 is 2.58 bits per heavy atom. The fourth-order valence-corrected chi connectivity index (χ4v) is 1.91. The summed E-state index contributed by atoms with van der Waals surface area (Å²) in [6.45, 7) is 4.18. The summed E-state index contributed by atoms with van der Waals surface area (Å²) < 4.78 is 4.98. The molecule has 0 aromatic carbocycles. The van der Waals surface area contributed by atoms with Crippen molar-refractivity contribution in [1.29, 1.82) is 0 Å². The van der Waals surface area contributed by atoms with Crippen molar-refractivity contribution >= 4 is 11.9 Å². The van der Waals surface area contributed by atoms with Crippen LogP contribution in [-0.2, 0) is 0 Å². The van der Waals surface area contributed by atoms with Crippen molar-refractivity contribution in [2.24, 2.45) is 0 Å². The molecule has 1 atom stereocenters. The van der Waals surface area contributed by atoms with Crippen LogP contribution in [-0.4, -0.2) is 23.0 Å². The zero-order valence-corrected chi connectivity index (χ0v) is 11.4. The Bertz CT molecular complexity index is 425. The van der Waals surface area contributed by atoms with E-state index in [4.69, 9.17) is 9.52 Å². The van der Waals surface area contributed by atoms with Crippen LogP contribution in [0.25, 0.3) is 0 Å². The Morgan fingerprint density at radius 2 is 2.05 bits per heavy atom. The van der Waals surface area contributed by atoms with Crippen LogP contribution in [0.15, 0.2) is 16.7 Å². The first-order valence-electron chi connectivity index (χ1n) is 6.71. The van der Waals surface area contributed by atoms with Gasteiger partial charge >= 0.3 is 5.97 Å². The van der Waals surface area contributed by atoms with Gasteiger partial charge in [-0.05, 0) is 12.8 Å². The lowest BCUT2D eigenvalue weighted by atomic mass is 10.1. The molecule has 5 nitrogen and oxygen atoms in total. The van der Waals surface area contributed by atoms with Crippen LogP contribution >= 0.6 is 0 Å². The summed E-state index contributed by atoms with van der Waals surface area (Å²) in [6.07, 6.45) is 6.07. The number of carbonyl (C=O) groups excluding carboxylic acids is 1. The number of furan rings is 1. The van der Waals surface area contributed by atoms with E-state index in [0.29, 0.717) is 0 Å². The van der Waals surface area contributed by atoms with Crippen LogP contribution in [0.3, 0.4) is 0 Å². The number of carboxylic acid groups (broad SMARTS) is 1. The van der Waals surface area contributed by atoms with Crippen molar-refractivity contribution < 1.29 is 19.1 Å². The van der Waals surface area contributed by atoms with Crippen molar-refractivity contribution in [1.82, 2.24) is 5.32 Å². The maximum absolute atomic E-state index is 11.9. The number of nitrogens with one attached hydrogen (secondary N) is 1. The van der Waals surface area contributed by atoms with Crippen molar-refractivity contribution in [3.05, 3.63) is 23.7 Å². The topological polar surface area (TPSA) is 79.5 Å². The third kappa shape index (κ3) is 4.77. The van der Waals surface area contributed by atoms with Gasteiger partial charge in [-0.2, -0.15) is 0 Å². The summed E-state index contributed by atoms with van der Waals surface area (Å²) in [5.41, 5.74) is -0.00857. The molecule has 0 aliphatic heterocycles. The van der Waals surface area contributed by atoms with Crippen LogP contribution in [0.5, 0.6) is 0 Å².